The van der Waals surface area contributed by atoms with Gasteiger partial charge in [0.15, 0.2) is 6.10 Å². The van der Waals surface area contributed by atoms with E-state index in [-0.39, 0.29) is 17.6 Å². The first-order valence-electron chi connectivity index (χ1n) is 11.3. The normalized spacial score (nSPS) is 23.2. The molecule has 0 N–H and O–H groups in total. The second kappa shape index (κ2) is 10.2. The van der Waals surface area contributed by atoms with Crippen molar-refractivity contribution in [3.05, 3.63) is 60.7 Å². The van der Waals surface area contributed by atoms with Gasteiger partial charge in [-0.1, -0.05) is 88.4 Å². The molecule has 4 atom stereocenters. The average molecular weight is 471 g/mol. The van der Waals surface area contributed by atoms with Gasteiger partial charge in [0.25, 0.3) is 8.32 Å². The Kier molecular flexibility index (Phi) is 7.77. The van der Waals surface area contributed by atoms with E-state index in [2.05, 4.69) is 45.0 Å². The van der Waals surface area contributed by atoms with Crippen molar-refractivity contribution in [1.29, 1.82) is 0 Å². The lowest BCUT2D eigenvalue weighted by atomic mass is 10.0. The molecule has 0 radical (unpaired) electrons. The van der Waals surface area contributed by atoms with Crippen molar-refractivity contribution >= 4 is 30.6 Å². The molecule has 1 aliphatic heterocycles. The highest BCUT2D eigenvalue weighted by molar-refractivity contribution is 6.99. The standard InChI is InChI=1S/C26H34O6Si/c1-18-23(32-25(31-20(3)28)24(18)30-19(2)27)17-29-33(26(4,5)6,21-13-9-7-10-14-21)22-15-11-8-12-16-22/h7-16,18,23-25H,17H2,1-6H3/t18-,23-,24-,25?/m1/s1. The molecule has 3 rings (SSSR count). The molecule has 0 bridgehead atoms. The first kappa shape index (κ1) is 25.1. The zero-order valence-corrected chi connectivity index (χ0v) is 21.2. The molecule has 7 heteroatoms. The summed E-state index contributed by atoms with van der Waals surface area (Å²) in [4.78, 5) is 23.3. The van der Waals surface area contributed by atoms with Crippen LogP contribution >= 0.6 is 0 Å². The zero-order chi connectivity index (χ0) is 24.2. The van der Waals surface area contributed by atoms with E-state index < -0.39 is 38.8 Å². The summed E-state index contributed by atoms with van der Waals surface area (Å²) in [7, 11) is -2.75. The van der Waals surface area contributed by atoms with Gasteiger partial charge in [-0.15, -0.1) is 0 Å². The molecular formula is C26H34O6Si. The van der Waals surface area contributed by atoms with Gasteiger partial charge in [-0.3, -0.25) is 9.59 Å². The van der Waals surface area contributed by atoms with E-state index in [4.69, 9.17) is 18.6 Å². The van der Waals surface area contributed by atoms with E-state index in [0.29, 0.717) is 0 Å². The third-order valence-corrected chi connectivity index (χ3v) is 11.2. The van der Waals surface area contributed by atoms with Crippen molar-refractivity contribution in [2.24, 2.45) is 5.92 Å². The van der Waals surface area contributed by atoms with Gasteiger partial charge in [-0.05, 0) is 15.4 Å². The fourth-order valence-corrected chi connectivity index (χ4v) is 9.18. The molecule has 2 aromatic rings. The van der Waals surface area contributed by atoms with Crippen LogP contribution in [0.1, 0.15) is 41.5 Å². The molecule has 0 spiro atoms. The molecule has 0 aromatic heterocycles. The molecule has 1 unspecified atom stereocenters. The van der Waals surface area contributed by atoms with E-state index in [1.165, 1.54) is 24.2 Å². The molecule has 0 aliphatic carbocycles. The fourth-order valence-electron chi connectivity index (χ4n) is 4.61. The largest absolute Gasteiger partial charge is 0.455 e. The maximum atomic E-state index is 11.7. The number of esters is 2. The summed E-state index contributed by atoms with van der Waals surface area (Å²) in [5.41, 5.74) is 0. The van der Waals surface area contributed by atoms with Crippen LogP contribution in [0.4, 0.5) is 0 Å². The van der Waals surface area contributed by atoms with Crippen LogP contribution in [0.3, 0.4) is 0 Å². The van der Waals surface area contributed by atoms with Gasteiger partial charge in [-0.25, -0.2) is 0 Å². The molecular weight excluding hydrogens is 436 g/mol. The second-order valence-corrected chi connectivity index (χ2v) is 13.9. The Hall–Kier alpha value is -2.48. The van der Waals surface area contributed by atoms with Crippen molar-refractivity contribution in [2.45, 2.75) is 65.1 Å². The maximum Gasteiger partial charge on any atom is 0.305 e. The highest BCUT2D eigenvalue weighted by Gasteiger charge is 2.52. The van der Waals surface area contributed by atoms with Gasteiger partial charge in [-0.2, -0.15) is 0 Å². The molecule has 0 amide bonds. The second-order valence-electron chi connectivity index (χ2n) is 9.56. The van der Waals surface area contributed by atoms with Crippen LogP contribution in [-0.4, -0.2) is 45.4 Å². The summed E-state index contributed by atoms with van der Waals surface area (Å²) in [6.07, 6.45) is -2.03. The summed E-state index contributed by atoms with van der Waals surface area (Å²) >= 11 is 0. The van der Waals surface area contributed by atoms with Crippen molar-refractivity contribution in [3.63, 3.8) is 0 Å². The van der Waals surface area contributed by atoms with Gasteiger partial charge >= 0.3 is 11.9 Å². The molecule has 2 aromatic carbocycles. The van der Waals surface area contributed by atoms with Gasteiger partial charge in [0, 0.05) is 19.8 Å². The molecule has 1 aliphatic rings. The van der Waals surface area contributed by atoms with Crippen LogP contribution in [-0.2, 0) is 28.2 Å². The van der Waals surface area contributed by atoms with Gasteiger partial charge in [0.2, 0.25) is 6.29 Å². The smallest absolute Gasteiger partial charge is 0.305 e. The zero-order valence-electron chi connectivity index (χ0n) is 20.2. The highest BCUT2D eigenvalue weighted by Crippen LogP contribution is 2.38. The van der Waals surface area contributed by atoms with Gasteiger partial charge in [0.05, 0.1) is 12.7 Å². The van der Waals surface area contributed by atoms with E-state index >= 15 is 0 Å². The predicted molar refractivity (Wildman–Crippen MR) is 129 cm³/mol. The number of carbonyl (C=O) groups excluding carboxylic acids is 2. The topological polar surface area (TPSA) is 71.1 Å². The molecule has 1 saturated heterocycles. The third-order valence-electron chi connectivity index (χ3n) is 6.15. The van der Waals surface area contributed by atoms with Crippen LogP contribution in [0.15, 0.2) is 60.7 Å². The minimum Gasteiger partial charge on any atom is -0.455 e. The molecule has 6 nitrogen and oxygen atoms in total. The van der Waals surface area contributed by atoms with Crippen molar-refractivity contribution in [2.75, 3.05) is 6.61 Å². The van der Waals surface area contributed by atoms with Crippen molar-refractivity contribution in [1.82, 2.24) is 0 Å². The van der Waals surface area contributed by atoms with Gasteiger partial charge in [0.1, 0.15) is 0 Å². The number of hydrogen-bond donors (Lipinski definition) is 0. The van der Waals surface area contributed by atoms with Crippen LogP contribution in [0.25, 0.3) is 0 Å². The third kappa shape index (κ3) is 5.37. The SMILES string of the molecule is CC(=O)OC1O[C@H](CO[Si](c2ccccc2)(c2ccccc2)C(C)(C)C)[C@@H](C)[C@H]1OC(C)=O. The molecule has 1 fully saturated rings. The van der Waals surface area contributed by atoms with E-state index in [9.17, 15) is 9.59 Å². The number of benzene rings is 2. The Morgan fingerprint density at radius 1 is 0.879 bits per heavy atom. The lowest BCUT2D eigenvalue weighted by molar-refractivity contribution is -0.195. The Morgan fingerprint density at radius 2 is 1.36 bits per heavy atom. The Morgan fingerprint density at radius 3 is 1.79 bits per heavy atom. The minimum atomic E-state index is -2.75. The quantitative estimate of drug-likeness (QED) is 0.456. The lowest BCUT2D eigenvalue weighted by Crippen LogP contribution is -2.67. The summed E-state index contributed by atoms with van der Waals surface area (Å²) in [6.45, 7) is 11.5. The van der Waals surface area contributed by atoms with Crippen LogP contribution in [0.2, 0.25) is 5.04 Å². The first-order chi connectivity index (χ1) is 15.6. The van der Waals surface area contributed by atoms with Crippen LogP contribution < -0.4 is 10.4 Å². The van der Waals surface area contributed by atoms with E-state index in [0.717, 1.165) is 0 Å². The van der Waals surface area contributed by atoms with Crippen LogP contribution in [0, 0.1) is 5.92 Å². The van der Waals surface area contributed by atoms with Crippen LogP contribution in [0.5, 0.6) is 0 Å². The van der Waals surface area contributed by atoms with E-state index in [1.54, 1.807) is 0 Å². The van der Waals surface area contributed by atoms with Gasteiger partial charge < -0.3 is 18.6 Å². The minimum absolute atomic E-state index is 0.178. The first-order valence-corrected chi connectivity index (χ1v) is 13.2. The number of rotatable bonds is 7. The molecule has 1 heterocycles. The van der Waals surface area contributed by atoms with Crippen molar-refractivity contribution < 1.29 is 28.2 Å². The molecule has 0 saturated carbocycles. The number of hydrogen-bond acceptors (Lipinski definition) is 6. The number of carbonyl (C=O) groups is 2. The highest BCUT2D eigenvalue weighted by atomic mass is 28.4. The maximum absolute atomic E-state index is 11.7. The summed E-state index contributed by atoms with van der Waals surface area (Å²) in [6, 6.07) is 20.7. The Bertz CT molecular complexity index is 901. The summed E-state index contributed by atoms with van der Waals surface area (Å²) in [5.74, 6) is -1.14. The average Bonchev–Trinajstić information content (AvgIpc) is 3.03. The Balaban J connectivity index is 1.96. The fraction of sp³-hybridized carbons (Fsp3) is 0.462. The summed E-state index contributed by atoms with van der Waals surface area (Å²) < 4.78 is 23.8. The monoisotopic (exact) mass is 470 g/mol. The van der Waals surface area contributed by atoms with Crippen molar-refractivity contribution in [3.8, 4) is 0 Å². The predicted octanol–water partition coefficient (Wildman–Crippen LogP) is 3.42. The number of ether oxygens (including phenoxy) is 3. The molecule has 33 heavy (non-hydrogen) atoms. The molecule has 178 valence electrons. The Labute approximate surface area is 197 Å². The summed E-state index contributed by atoms with van der Waals surface area (Å²) in [5, 5.41) is 2.16. The van der Waals surface area contributed by atoms with E-state index in [1.807, 2.05) is 43.3 Å². The lowest BCUT2D eigenvalue weighted by Gasteiger charge is -2.43.